The van der Waals surface area contributed by atoms with Gasteiger partial charge in [0.25, 0.3) is 5.56 Å². The second kappa shape index (κ2) is 7.76. The van der Waals surface area contributed by atoms with E-state index in [1.807, 2.05) is 13.8 Å². The highest BCUT2D eigenvalue weighted by atomic mass is 35.5. The molecule has 2 aromatic heterocycles. The molecule has 8 heteroatoms. The van der Waals surface area contributed by atoms with Crippen molar-refractivity contribution in [2.45, 2.75) is 20.4 Å². The normalized spacial score (nSPS) is 11.1. The zero-order chi connectivity index (χ0) is 21.4. The molecule has 6 nitrogen and oxygen atoms in total. The Labute approximate surface area is 176 Å². The zero-order valence-corrected chi connectivity index (χ0v) is 17.1. The van der Waals surface area contributed by atoms with Gasteiger partial charge in [-0.1, -0.05) is 17.7 Å². The Morgan fingerprint density at radius 3 is 2.57 bits per heavy atom. The summed E-state index contributed by atoms with van der Waals surface area (Å²) in [6.45, 7) is 3.40. The standard InChI is InChI=1S/C22H18ClFN4O2/c1-13-10-20(30)27(12-19(29)25-17-8-6-15(23)7-9-17)22-21(13)14(2)26-28(22)18-5-3-4-16(24)11-18/h3-11H,12H2,1-2H3,(H,25,29). The molecule has 0 fully saturated rings. The Bertz CT molecular complexity index is 1330. The summed E-state index contributed by atoms with van der Waals surface area (Å²) in [6.07, 6.45) is 0. The molecule has 2 aromatic carbocycles. The number of pyridine rings is 1. The number of hydrogen-bond acceptors (Lipinski definition) is 3. The van der Waals surface area contributed by atoms with E-state index in [-0.39, 0.29) is 18.0 Å². The third-order valence-electron chi connectivity index (χ3n) is 4.77. The quantitative estimate of drug-likeness (QED) is 0.533. The summed E-state index contributed by atoms with van der Waals surface area (Å²) in [6, 6.07) is 14.1. The van der Waals surface area contributed by atoms with Crippen molar-refractivity contribution in [3.63, 3.8) is 0 Å². The van der Waals surface area contributed by atoms with Gasteiger partial charge in [0.2, 0.25) is 5.91 Å². The predicted molar refractivity (Wildman–Crippen MR) is 115 cm³/mol. The number of carbonyl (C=O) groups is 1. The van der Waals surface area contributed by atoms with E-state index in [0.717, 1.165) is 10.9 Å². The largest absolute Gasteiger partial charge is 0.325 e. The third kappa shape index (κ3) is 3.71. The summed E-state index contributed by atoms with van der Waals surface area (Å²) in [7, 11) is 0. The van der Waals surface area contributed by atoms with Gasteiger partial charge in [0, 0.05) is 22.2 Å². The molecule has 0 aliphatic heterocycles. The second-order valence-electron chi connectivity index (χ2n) is 6.98. The van der Waals surface area contributed by atoms with Crippen LogP contribution in [0.15, 0.2) is 59.4 Å². The summed E-state index contributed by atoms with van der Waals surface area (Å²) in [4.78, 5) is 25.5. The van der Waals surface area contributed by atoms with Crippen LogP contribution in [0.25, 0.3) is 16.7 Å². The monoisotopic (exact) mass is 424 g/mol. The van der Waals surface area contributed by atoms with E-state index >= 15 is 0 Å². The lowest BCUT2D eigenvalue weighted by molar-refractivity contribution is -0.116. The molecule has 0 unspecified atom stereocenters. The molecule has 1 N–H and O–H groups in total. The van der Waals surface area contributed by atoms with Crippen LogP contribution in [0.5, 0.6) is 0 Å². The lowest BCUT2D eigenvalue weighted by Crippen LogP contribution is -2.29. The Kier molecular flexibility index (Phi) is 5.13. The molecule has 30 heavy (non-hydrogen) atoms. The van der Waals surface area contributed by atoms with Gasteiger partial charge >= 0.3 is 0 Å². The first-order valence-electron chi connectivity index (χ1n) is 9.24. The number of halogens is 2. The van der Waals surface area contributed by atoms with Crippen molar-refractivity contribution < 1.29 is 9.18 Å². The Morgan fingerprint density at radius 2 is 1.87 bits per heavy atom. The molecule has 1 amide bonds. The molecule has 4 rings (SSSR count). The third-order valence-corrected chi connectivity index (χ3v) is 5.03. The minimum atomic E-state index is -0.421. The molecule has 0 spiro atoms. The van der Waals surface area contributed by atoms with E-state index in [4.69, 9.17) is 11.6 Å². The summed E-state index contributed by atoms with van der Waals surface area (Å²) in [5.41, 5.74) is 2.54. The van der Waals surface area contributed by atoms with Crippen LogP contribution in [0.4, 0.5) is 10.1 Å². The van der Waals surface area contributed by atoms with Crippen LogP contribution >= 0.6 is 11.6 Å². The number of aromatic nitrogens is 3. The van der Waals surface area contributed by atoms with Gasteiger partial charge in [0.05, 0.1) is 11.4 Å². The SMILES string of the molecule is Cc1cc(=O)n(CC(=O)Nc2ccc(Cl)cc2)c2c1c(C)nn2-c1cccc(F)c1. The lowest BCUT2D eigenvalue weighted by atomic mass is 10.1. The Balaban J connectivity index is 1.82. The number of benzene rings is 2. The van der Waals surface area contributed by atoms with Crippen molar-refractivity contribution in [1.82, 2.24) is 14.3 Å². The summed E-state index contributed by atoms with van der Waals surface area (Å²) in [5.74, 6) is -0.801. The molecular formula is C22H18ClFN4O2. The van der Waals surface area contributed by atoms with E-state index in [2.05, 4.69) is 10.4 Å². The fourth-order valence-electron chi connectivity index (χ4n) is 3.48. The number of hydrogen-bond donors (Lipinski definition) is 1. The van der Waals surface area contributed by atoms with Gasteiger partial charge in [-0.2, -0.15) is 5.10 Å². The van der Waals surface area contributed by atoms with Gasteiger partial charge in [-0.25, -0.2) is 9.07 Å². The molecule has 152 valence electrons. The maximum absolute atomic E-state index is 13.8. The smallest absolute Gasteiger partial charge is 0.252 e. The molecule has 0 atom stereocenters. The fraction of sp³-hybridized carbons (Fsp3) is 0.136. The van der Waals surface area contributed by atoms with Crippen molar-refractivity contribution in [3.8, 4) is 5.69 Å². The first-order valence-corrected chi connectivity index (χ1v) is 9.62. The number of amides is 1. The van der Waals surface area contributed by atoms with Crippen LogP contribution in [-0.4, -0.2) is 20.3 Å². The fourth-order valence-corrected chi connectivity index (χ4v) is 3.61. The van der Waals surface area contributed by atoms with Gasteiger partial charge < -0.3 is 5.32 Å². The zero-order valence-electron chi connectivity index (χ0n) is 16.3. The summed E-state index contributed by atoms with van der Waals surface area (Å²) >= 11 is 5.87. The maximum atomic E-state index is 13.8. The number of nitrogens with one attached hydrogen (secondary N) is 1. The predicted octanol–water partition coefficient (Wildman–Crippen LogP) is 4.24. The highest BCUT2D eigenvalue weighted by molar-refractivity contribution is 6.30. The average molecular weight is 425 g/mol. The molecule has 0 saturated heterocycles. The second-order valence-corrected chi connectivity index (χ2v) is 7.42. The van der Waals surface area contributed by atoms with Crippen molar-refractivity contribution in [3.05, 3.63) is 87.0 Å². The van der Waals surface area contributed by atoms with Crippen LogP contribution in [0.1, 0.15) is 11.3 Å². The minimum absolute atomic E-state index is 0.224. The van der Waals surface area contributed by atoms with Crippen molar-refractivity contribution >= 4 is 34.2 Å². The minimum Gasteiger partial charge on any atom is -0.325 e. The van der Waals surface area contributed by atoms with Crippen LogP contribution in [0, 0.1) is 19.7 Å². The lowest BCUT2D eigenvalue weighted by Gasteiger charge is -2.13. The molecule has 0 saturated carbocycles. The molecule has 2 heterocycles. The highest BCUT2D eigenvalue weighted by Gasteiger charge is 2.19. The summed E-state index contributed by atoms with van der Waals surface area (Å²) < 4.78 is 16.7. The molecule has 0 aliphatic rings. The topological polar surface area (TPSA) is 68.9 Å². The van der Waals surface area contributed by atoms with Gasteiger partial charge in [0.15, 0.2) is 0 Å². The van der Waals surface area contributed by atoms with Crippen molar-refractivity contribution in [2.75, 3.05) is 5.32 Å². The van der Waals surface area contributed by atoms with Gasteiger partial charge in [-0.15, -0.1) is 0 Å². The van der Waals surface area contributed by atoms with E-state index in [1.165, 1.54) is 27.4 Å². The number of nitrogens with zero attached hydrogens (tertiary/aromatic N) is 3. The first kappa shape index (κ1) is 19.8. The first-order chi connectivity index (χ1) is 14.3. The van der Waals surface area contributed by atoms with Crippen molar-refractivity contribution in [1.29, 1.82) is 0 Å². The van der Waals surface area contributed by atoms with Crippen molar-refractivity contribution in [2.24, 2.45) is 0 Å². The number of carbonyl (C=O) groups excluding carboxylic acids is 1. The van der Waals surface area contributed by atoms with Crippen LogP contribution in [0.3, 0.4) is 0 Å². The summed E-state index contributed by atoms with van der Waals surface area (Å²) in [5, 5.41) is 8.56. The molecule has 0 radical (unpaired) electrons. The number of rotatable bonds is 4. The molecular weight excluding hydrogens is 407 g/mol. The molecule has 0 bridgehead atoms. The van der Waals surface area contributed by atoms with Crippen LogP contribution in [0.2, 0.25) is 5.02 Å². The van der Waals surface area contributed by atoms with E-state index in [9.17, 15) is 14.0 Å². The van der Waals surface area contributed by atoms with E-state index in [1.54, 1.807) is 36.4 Å². The number of aryl methyl sites for hydroxylation is 2. The number of fused-ring (bicyclic) bond motifs is 1. The maximum Gasteiger partial charge on any atom is 0.252 e. The van der Waals surface area contributed by atoms with E-state index < -0.39 is 5.82 Å². The highest BCUT2D eigenvalue weighted by Crippen LogP contribution is 2.24. The van der Waals surface area contributed by atoms with E-state index in [0.29, 0.717) is 27.7 Å². The number of anilines is 1. The average Bonchev–Trinajstić information content (AvgIpc) is 3.04. The Morgan fingerprint density at radius 1 is 1.13 bits per heavy atom. The molecule has 4 aromatic rings. The van der Waals surface area contributed by atoms with Crippen LogP contribution < -0.4 is 10.9 Å². The van der Waals surface area contributed by atoms with Crippen LogP contribution in [-0.2, 0) is 11.3 Å². The van der Waals surface area contributed by atoms with Gasteiger partial charge in [-0.05, 0) is 61.9 Å². The Hall–Kier alpha value is -3.45. The molecule has 0 aliphatic carbocycles. The van der Waals surface area contributed by atoms with Gasteiger partial charge in [0.1, 0.15) is 18.0 Å². The van der Waals surface area contributed by atoms with Gasteiger partial charge in [-0.3, -0.25) is 14.2 Å².